The van der Waals surface area contributed by atoms with Crippen LogP contribution in [0, 0.1) is 6.92 Å². The Kier molecular flexibility index (Phi) is 4.56. The zero-order valence-electron chi connectivity index (χ0n) is 14.9. The van der Waals surface area contributed by atoms with Crippen molar-refractivity contribution in [3.05, 3.63) is 71.2 Å². The van der Waals surface area contributed by atoms with Gasteiger partial charge in [0, 0.05) is 27.6 Å². The van der Waals surface area contributed by atoms with Crippen LogP contribution in [0.2, 0.25) is 0 Å². The summed E-state index contributed by atoms with van der Waals surface area (Å²) < 4.78 is 5.25. The lowest BCUT2D eigenvalue weighted by molar-refractivity contribution is 0.102. The van der Waals surface area contributed by atoms with E-state index in [1.807, 2.05) is 54.8 Å². The van der Waals surface area contributed by atoms with Gasteiger partial charge in [-0.1, -0.05) is 24.3 Å². The summed E-state index contributed by atoms with van der Waals surface area (Å²) in [7, 11) is 1.63. The number of ether oxygens (including phenoxy) is 1. The Bertz CT molecular complexity index is 1140. The summed E-state index contributed by atoms with van der Waals surface area (Å²) in [5.41, 5.74) is 4.02. The van der Waals surface area contributed by atoms with Crippen LogP contribution >= 0.6 is 11.3 Å². The van der Waals surface area contributed by atoms with Gasteiger partial charge in [0.1, 0.15) is 5.75 Å². The van der Waals surface area contributed by atoms with Gasteiger partial charge in [-0.3, -0.25) is 15.1 Å². The normalized spacial score (nSPS) is 10.7. The van der Waals surface area contributed by atoms with Crippen LogP contribution in [-0.2, 0) is 0 Å². The zero-order chi connectivity index (χ0) is 18.8. The Balaban J connectivity index is 1.55. The van der Waals surface area contributed by atoms with Gasteiger partial charge in [0.05, 0.1) is 18.3 Å². The highest BCUT2D eigenvalue weighted by Gasteiger charge is 2.11. The number of aromatic nitrogens is 2. The van der Waals surface area contributed by atoms with Crippen molar-refractivity contribution in [2.45, 2.75) is 6.92 Å². The van der Waals surface area contributed by atoms with Crippen LogP contribution in [0.5, 0.6) is 5.75 Å². The van der Waals surface area contributed by atoms with E-state index in [1.165, 1.54) is 11.3 Å². The molecule has 4 rings (SSSR count). The summed E-state index contributed by atoms with van der Waals surface area (Å²) in [6, 6.07) is 17.1. The number of fused-ring (bicyclic) bond motifs is 1. The van der Waals surface area contributed by atoms with E-state index in [2.05, 4.69) is 15.3 Å². The highest BCUT2D eigenvalue weighted by molar-refractivity contribution is 7.14. The lowest BCUT2D eigenvalue weighted by Crippen LogP contribution is -2.11. The number of nitrogens with zero attached hydrogens (tertiary/aromatic N) is 2. The van der Waals surface area contributed by atoms with Crippen LogP contribution < -0.4 is 10.1 Å². The van der Waals surface area contributed by atoms with Crippen molar-refractivity contribution in [3.63, 3.8) is 0 Å². The third-order valence-corrected chi connectivity index (χ3v) is 4.94. The molecule has 0 aliphatic rings. The maximum atomic E-state index is 12.6. The first-order valence-electron chi connectivity index (χ1n) is 8.41. The number of rotatable bonds is 4. The van der Waals surface area contributed by atoms with E-state index in [0.717, 1.165) is 33.6 Å². The van der Waals surface area contributed by atoms with Crippen molar-refractivity contribution in [2.24, 2.45) is 0 Å². The number of pyridine rings is 1. The fraction of sp³-hybridized carbons (Fsp3) is 0.0952. The number of amides is 1. The molecule has 134 valence electrons. The minimum Gasteiger partial charge on any atom is -0.497 e. The fourth-order valence-corrected chi connectivity index (χ4v) is 3.49. The van der Waals surface area contributed by atoms with Gasteiger partial charge in [-0.2, -0.15) is 0 Å². The number of hydrogen-bond acceptors (Lipinski definition) is 5. The summed E-state index contributed by atoms with van der Waals surface area (Å²) >= 11 is 1.39. The lowest BCUT2D eigenvalue weighted by atomic mass is 10.1. The molecule has 0 unspecified atom stereocenters. The molecule has 2 aromatic carbocycles. The molecule has 0 radical (unpaired) electrons. The summed E-state index contributed by atoms with van der Waals surface area (Å²) in [6.07, 6.45) is 0. The van der Waals surface area contributed by atoms with Gasteiger partial charge in [-0.05, 0) is 37.3 Å². The number of hydrogen-bond donors (Lipinski definition) is 1. The van der Waals surface area contributed by atoms with E-state index in [9.17, 15) is 4.79 Å². The van der Waals surface area contributed by atoms with Gasteiger partial charge in [0.15, 0.2) is 5.13 Å². The third-order valence-electron chi connectivity index (χ3n) is 4.18. The van der Waals surface area contributed by atoms with E-state index in [0.29, 0.717) is 10.7 Å². The third kappa shape index (κ3) is 3.66. The minimum absolute atomic E-state index is 0.202. The average molecular weight is 375 g/mol. The standard InChI is InChI=1S/C21H17N3O2S/c1-13-6-7-14-8-9-16(11-18(14)22-13)20(25)24-21-23-19(12-27-21)15-4-3-5-17(10-15)26-2/h3-12H,1-2H3,(H,23,24,25). The summed E-state index contributed by atoms with van der Waals surface area (Å²) in [5.74, 6) is 0.566. The first-order chi connectivity index (χ1) is 13.1. The first-order valence-corrected chi connectivity index (χ1v) is 9.29. The van der Waals surface area contributed by atoms with Crippen LogP contribution in [0.15, 0.2) is 60.0 Å². The molecule has 2 aromatic heterocycles. The number of carbonyl (C=O) groups is 1. The Labute approximate surface area is 160 Å². The molecular formula is C21H17N3O2S. The second-order valence-electron chi connectivity index (χ2n) is 6.08. The smallest absolute Gasteiger partial charge is 0.257 e. The van der Waals surface area contributed by atoms with Crippen LogP contribution in [0.3, 0.4) is 0 Å². The van der Waals surface area contributed by atoms with Crippen molar-refractivity contribution in [3.8, 4) is 17.0 Å². The van der Waals surface area contributed by atoms with Crippen molar-refractivity contribution in [1.82, 2.24) is 9.97 Å². The molecule has 0 saturated heterocycles. The van der Waals surface area contributed by atoms with Gasteiger partial charge in [0.25, 0.3) is 5.91 Å². The van der Waals surface area contributed by atoms with Crippen molar-refractivity contribution in [2.75, 3.05) is 12.4 Å². The molecule has 5 nitrogen and oxygen atoms in total. The van der Waals surface area contributed by atoms with E-state index in [1.54, 1.807) is 19.2 Å². The van der Waals surface area contributed by atoms with E-state index in [4.69, 9.17) is 4.74 Å². The quantitative estimate of drug-likeness (QED) is 0.549. The van der Waals surface area contributed by atoms with Crippen LogP contribution in [-0.4, -0.2) is 23.0 Å². The Hall–Kier alpha value is -3.25. The number of benzene rings is 2. The summed E-state index contributed by atoms with van der Waals surface area (Å²) in [4.78, 5) is 21.6. The number of aryl methyl sites for hydroxylation is 1. The van der Waals surface area contributed by atoms with Gasteiger partial charge in [-0.25, -0.2) is 4.98 Å². The predicted molar refractivity (Wildman–Crippen MR) is 109 cm³/mol. The Morgan fingerprint density at radius 2 is 1.93 bits per heavy atom. The molecule has 0 atom stereocenters. The molecule has 0 spiro atoms. The highest BCUT2D eigenvalue weighted by Crippen LogP contribution is 2.27. The van der Waals surface area contributed by atoms with Gasteiger partial charge < -0.3 is 4.74 Å². The highest BCUT2D eigenvalue weighted by atomic mass is 32.1. The van der Waals surface area contributed by atoms with Gasteiger partial charge >= 0.3 is 0 Å². The molecule has 27 heavy (non-hydrogen) atoms. The number of methoxy groups -OCH3 is 1. The summed E-state index contributed by atoms with van der Waals surface area (Å²) in [6.45, 7) is 1.93. The monoisotopic (exact) mass is 375 g/mol. The van der Waals surface area contributed by atoms with Crippen molar-refractivity contribution >= 4 is 33.3 Å². The van der Waals surface area contributed by atoms with Crippen LogP contribution in [0.1, 0.15) is 16.1 Å². The zero-order valence-corrected chi connectivity index (χ0v) is 15.7. The molecule has 6 heteroatoms. The Morgan fingerprint density at radius 3 is 2.78 bits per heavy atom. The predicted octanol–water partition coefficient (Wildman–Crippen LogP) is 4.93. The maximum Gasteiger partial charge on any atom is 0.257 e. The minimum atomic E-state index is -0.202. The number of nitrogens with one attached hydrogen (secondary N) is 1. The largest absolute Gasteiger partial charge is 0.497 e. The van der Waals surface area contributed by atoms with Gasteiger partial charge in [-0.15, -0.1) is 11.3 Å². The lowest BCUT2D eigenvalue weighted by Gasteiger charge is -2.04. The van der Waals surface area contributed by atoms with Gasteiger partial charge in [0.2, 0.25) is 0 Å². The number of anilines is 1. The van der Waals surface area contributed by atoms with Crippen molar-refractivity contribution < 1.29 is 9.53 Å². The molecule has 1 amide bonds. The molecule has 1 N–H and O–H groups in total. The second kappa shape index (κ2) is 7.17. The number of thiazole rings is 1. The SMILES string of the molecule is COc1cccc(-c2csc(NC(=O)c3ccc4ccc(C)nc4c3)n2)c1. The molecule has 0 fully saturated rings. The fourth-order valence-electron chi connectivity index (χ4n) is 2.78. The Morgan fingerprint density at radius 1 is 1.07 bits per heavy atom. The molecule has 0 aliphatic heterocycles. The van der Waals surface area contributed by atoms with Crippen LogP contribution in [0.4, 0.5) is 5.13 Å². The molecule has 0 bridgehead atoms. The van der Waals surface area contributed by atoms with E-state index >= 15 is 0 Å². The first kappa shape index (κ1) is 17.2. The van der Waals surface area contributed by atoms with Crippen molar-refractivity contribution in [1.29, 1.82) is 0 Å². The molecular weight excluding hydrogens is 358 g/mol. The average Bonchev–Trinajstić information content (AvgIpc) is 3.16. The summed E-state index contributed by atoms with van der Waals surface area (Å²) in [5, 5.41) is 6.34. The maximum absolute atomic E-state index is 12.6. The van der Waals surface area contributed by atoms with Crippen LogP contribution in [0.25, 0.3) is 22.2 Å². The second-order valence-corrected chi connectivity index (χ2v) is 6.94. The van der Waals surface area contributed by atoms with E-state index < -0.39 is 0 Å². The van der Waals surface area contributed by atoms with E-state index in [-0.39, 0.29) is 5.91 Å². The topological polar surface area (TPSA) is 64.1 Å². The molecule has 0 saturated carbocycles. The molecule has 2 heterocycles. The number of carbonyl (C=O) groups excluding carboxylic acids is 1. The molecule has 0 aliphatic carbocycles. The molecule has 4 aromatic rings.